The monoisotopic (exact) mass is 237 g/mol. The molecule has 2 atom stereocenters. The lowest BCUT2D eigenvalue weighted by molar-refractivity contribution is 0.0846. The highest BCUT2D eigenvalue weighted by Crippen LogP contribution is 2.29. The average Bonchev–Trinajstić information content (AvgIpc) is 2.78. The second kappa shape index (κ2) is 5.38. The van der Waals surface area contributed by atoms with Crippen LogP contribution in [0, 0.1) is 0 Å². The van der Waals surface area contributed by atoms with E-state index in [9.17, 15) is 10.2 Å². The lowest BCUT2D eigenvalue weighted by Crippen LogP contribution is -2.36. The van der Waals surface area contributed by atoms with Gasteiger partial charge in [0.25, 0.3) is 0 Å². The van der Waals surface area contributed by atoms with Crippen molar-refractivity contribution in [2.24, 2.45) is 0 Å². The fourth-order valence-electron chi connectivity index (χ4n) is 2.40. The molecule has 0 aliphatic heterocycles. The number of hydrogen-bond donors (Lipinski definition) is 3. The normalized spacial score (nSPS) is 24.1. The summed E-state index contributed by atoms with van der Waals surface area (Å²) in [6, 6.07) is 5.35. The Morgan fingerprint density at radius 3 is 2.94 bits per heavy atom. The predicted octanol–water partition coefficient (Wildman–Crippen LogP) is 1.75. The SMILES string of the molecule is COC1CCCC1NCc1cccc(O)c1O. The third-order valence-electron chi connectivity index (χ3n) is 3.41. The summed E-state index contributed by atoms with van der Waals surface area (Å²) >= 11 is 0. The number of methoxy groups -OCH3 is 1. The Hall–Kier alpha value is -1.26. The van der Waals surface area contributed by atoms with E-state index < -0.39 is 0 Å². The molecule has 4 heteroatoms. The molecule has 1 aliphatic carbocycles. The van der Waals surface area contributed by atoms with Crippen molar-refractivity contribution >= 4 is 0 Å². The Kier molecular flexibility index (Phi) is 3.86. The molecule has 1 saturated carbocycles. The Morgan fingerprint density at radius 1 is 1.35 bits per heavy atom. The Morgan fingerprint density at radius 2 is 2.18 bits per heavy atom. The minimum atomic E-state index is -0.0704. The number of rotatable bonds is 4. The number of ether oxygens (including phenoxy) is 1. The van der Waals surface area contributed by atoms with Crippen LogP contribution >= 0.6 is 0 Å². The van der Waals surface area contributed by atoms with Crippen LogP contribution < -0.4 is 5.32 Å². The fraction of sp³-hybridized carbons (Fsp3) is 0.538. The maximum Gasteiger partial charge on any atom is 0.161 e. The van der Waals surface area contributed by atoms with Gasteiger partial charge in [0.1, 0.15) is 0 Å². The lowest BCUT2D eigenvalue weighted by Gasteiger charge is -2.20. The predicted molar refractivity (Wildman–Crippen MR) is 65.0 cm³/mol. The molecular formula is C13H19NO3. The average molecular weight is 237 g/mol. The number of para-hydroxylation sites is 1. The van der Waals surface area contributed by atoms with E-state index in [0.29, 0.717) is 18.2 Å². The van der Waals surface area contributed by atoms with Crippen LogP contribution in [0.15, 0.2) is 18.2 Å². The molecule has 1 fully saturated rings. The number of hydrogen-bond acceptors (Lipinski definition) is 4. The summed E-state index contributed by atoms with van der Waals surface area (Å²) in [4.78, 5) is 0. The zero-order valence-corrected chi connectivity index (χ0v) is 10.0. The van der Waals surface area contributed by atoms with E-state index in [2.05, 4.69) is 5.32 Å². The summed E-state index contributed by atoms with van der Waals surface area (Å²) in [5.74, 6) is -0.106. The van der Waals surface area contributed by atoms with Crippen LogP contribution in [0.4, 0.5) is 0 Å². The topological polar surface area (TPSA) is 61.7 Å². The number of nitrogens with one attached hydrogen (secondary N) is 1. The number of phenols is 2. The van der Waals surface area contributed by atoms with Gasteiger partial charge in [-0.3, -0.25) is 0 Å². The first kappa shape index (κ1) is 12.2. The Bertz CT molecular complexity index is 381. The molecule has 2 unspecified atom stereocenters. The van der Waals surface area contributed by atoms with Crippen LogP contribution in [0.5, 0.6) is 11.5 Å². The summed E-state index contributed by atoms with van der Waals surface area (Å²) < 4.78 is 5.39. The van der Waals surface area contributed by atoms with E-state index in [1.165, 1.54) is 12.5 Å². The molecule has 0 radical (unpaired) electrons. The zero-order chi connectivity index (χ0) is 12.3. The van der Waals surface area contributed by atoms with Crippen LogP contribution in [0.1, 0.15) is 24.8 Å². The number of aromatic hydroxyl groups is 2. The van der Waals surface area contributed by atoms with Gasteiger partial charge < -0.3 is 20.3 Å². The van der Waals surface area contributed by atoms with Crippen molar-refractivity contribution in [2.75, 3.05) is 7.11 Å². The van der Waals surface area contributed by atoms with Crippen LogP contribution in [0.25, 0.3) is 0 Å². The molecule has 0 spiro atoms. The van der Waals surface area contributed by atoms with Gasteiger partial charge in [0, 0.05) is 25.3 Å². The standard InChI is InChI=1S/C13H19NO3/c1-17-12-7-3-5-10(12)14-8-9-4-2-6-11(15)13(9)16/h2,4,6,10,12,14-16H,3,5,7-8H2,1H3. The summed E-state index contributed by atoms with van der Waals surface area (Å²) in [6.07, 6.45) is 3.61. The number of benzene rings is 1. The van der Waals surface area contributed by atoms with Crippen molar-refractivity contribution in [3.05, 3.63) is 23.8 Å². The number of phenolic OH excluding ortho intramolecular Hbond substituents is 2. The Balaban J connectivity index is 1.95. The quantitative estimate of drug-likeness (QED) is 0.698. The van der Waals surface area contributed by atoms with Gasteiger partial charge in [-0.15, -0.1) is 0 Å². The van der Waals surface area contributed by atoms with Crippen LogP contribution in [-0.4, -0.2) is 29.5 Å². The van der Waals surface area contributed by atoms with Crippen molar-refractivity contribution in [2.45, 2.75) is 38.0 Å². The third kappa shape index (κ3) is 2.70. The van der Waals surface area contributed by atoms with E-state index in [4.69, 9.17) is 4.74 Å². The van der Waals surface area contributed by atoms with Gasteiger partial charge in [0.15, 0.2) is 11.5 Å². The zero-order valence-electron chi connectivity index (χ0n) is 10.0. The molecule has 1 aliphatic rings. The minimum Gasteiger partial charge on any atom is -0.504 e. The van der Waals surface area contributed by atoms with E-state index >= 15 is 0 Å². The summed E-state index contributed by atoms with van der Waals surface area (Å²) in [7, 11) is 1.73. The molecule has 0 amide bonds. The summed E-state index contributed by atoms with van der Waals surface area (Å²) in [5.41, 5.74) is 0.715. The second-order valence-electron chi connectivity index (χ2n) is 4.48. The first-order valence-electron chi connectivity index (χ1n) is 5.98. The van der Waals surface area contributed by atoms with Crippen LogP contribution in [0.3, 0.4) is 0 Å². The molecule has 1 aromatic rings. The molecule has 1 aromatic carbocycles. The molecule has 17 heavy (non-hydrogen) atoms. The van der Waals surface area contributed by atoms with Crippen LogP contribution in [-0.2, 0) is 11.3 Å². The Labute approximate surface area is 101 Å². The van der Waals surface area contributed by atoms with Gasteiger partial charge in [-0.25, -0.2) is 0 Å². The molecule has 4 nitrogen and oxygen atoms in total. The maximum absolute atomic E-state index is 9.67. The molecule has 94 valence electrons. The van der Waals surface area contributed by atoms with E-state index in [-0.39, 0.29) is 17.6 Å². The summed E-state index contributed by atoms with van der Waals surface area (Å²) in [6.45, 7) is 0.546. The molecule has 0 bridgehead atoms. The van der Waals surface area contributed by atoms with Gasteiger partial charge in [0.05, 0.1) is 6.10 Å². The molecular weight excluding hydrogens is 218 g/mol. The van der Waals surface area contributed by atoms with E-state index in [0.717, 1.165) is 12.8 Å². The summed E-state index contributed by atoms with van der Waals surface area (Å²) in [5, 5.41) is 22.4. The van der Waals surface area contributed by atoms with Gasteiger partial charge in [-0.1, -0.05) is 12.1 Å². The van der Waals surface area contributed by atoms with Gasteiger partial charge >= 0.3 is 0 Å². The second-order valence-corrected chi connectivity index (χ2v) is 4.48. The minimum absolute atomic E-state index is 0.0352. The van der Waals surface area contributed by atoms with E-state index in [1.807, 2.05) is 0 Å². The largest absolute Gasteiger partial charge is 0.504 e. The van der Waals surface area contributed by atoms with E-state index in [1.54, 1.807) is 19.2 Å². The molecule has 0 aromatic heterocycles. The fourth-order valence-corrected chi connectivity index (χ4v) is 2.40. The van der Waals surface area contributed by atoms with Crippen molar-refractivity contribution in [3.8, 4) is 11.5 Å². The van der Waals surface area contributed by atoms with Gasteiger partial charge in [-0.2, -0.15) is 0 Å². The maximum atomic E-state index is 9.67. The molecule has 2 rings (SSSR count). The third-order valence-corrected chi connectivity index (χ3v) is 3.41. The molecule has 0 heterocycles. The highest BCUT2D eigenvalue weighted by Gasteiger charge is 2.26. The van der Waals surface area contributed by atoms with Gasteiger partial charge in [-0.05, 0) is 25.3 Å². The molecule has 3 N–H and O–H groups in total. The van der Waals surface area contributed by atoms with Crippen LogP contribution in [0.2, 0.25) is 0 Å². The van der Waals surface area contributed by atoms with Gasteiger partial charge in [0.2, 0.25) is 0 Å². The lowest BCUT2D eigenvalue weighted by atomic mass is 10.1. The highest BCUT2D eigenvalue weighted by atomic mass is 16.5. The van der Waals surface area contributed by atoms with Crippen molar-refractivity contribution in [3.63, 3.8) is 0 Å². The molecule has 0 saturated heterocycles. The first-order chi connectivity index (χ1) is 8.22. The highest BCUT2D eigenvalue weighted by molar-refractivity contribution is 5.44. The smallest absolute Gasteiger partial charge is 0.161 e. The first-order valence-corrected chi connectivity index (χ1v) is 5.98. The van der Waals surface area contributed by atoms with Crippen molar-refractivity contribution in [1.29, 1.82) is 0 Å². The van der Waals surface area contributed by atoms with Crippen molar-refractivity contribution in [1.82, 2.24) is 5.32 Å². The van der Waals surface area contributed by atoms with Crippen molar-refractivity contribution < 1.29 is 14.9 Å².